The Morgan fingerprint density at radius 1 is 1.11 bits per heavy atom. The van der Waals surface area contributed by atoms with Crippen molar-refractivity contribution in [2.75, 3.05) is 11.9 Å². The van der Waals surface area contributed by atoms with Gasteiger partial charge in [0.05, 0.1) is 4.53 Å². The third-order valence-corrected chi connectivity index (χ3v) is 6.36. The number of benzene rings is 3. The first-order valence-corrected chi connectivity index (χ1v) is 11.9. The fraction of sp³-hybridized carbons (Fsp3) is 0.0769. The van der Waals surface area contributed by atoms with Crippen LogP contribution in [-0.4, -0.2) is 27.1 Å². The molecule has 5 aromatic rings. The number of amides is 1. The van der Waals surface area contributed by atoms with Crippen LogP contribution in [0.5, 0.6) is 5.75 Å². The van der Waals surface area contributed by atoms with Crippen LogP contribution in [0.25, 0.3) is 22.4 Å². The van der Waals surface area contributed by atoms with E-state index in [0.717, 1.165) is 11.1 Å². The van der Waals surface area contributed by atoms with E-state index in [2.05, 4.69) is 15.4 Å². The molecule has 0 aliphatic rings. The normalized spacial score (nSPS) is 11.7. The van der Waals surface area contributed by atoms with Crippen LogP contribution in [0.15, 0.2) is 77.6 Å². The number of aryl methyl sites for hydroxylation is 1. The predicted octanol–water partition coefficient (Wildman–Crippen LogP) is 4.35. The van der Waals surface area contributed by atoms with Gasteiger partial charge in [-0.1, -0.05) is 71.0 Å². The number of aromatic nitrogens is 3. The van der Waals surface area contributed by atoms with Gasteiger partial charge >= 0.3 is 0 Å². The smallest absolute Gasteiger partial charge is 0.291 e. The largest absolute Gasteiger partial charge is 0.483 e. The van der Waals surface area contributed by atoms with Crippen LogP contribution >= 0.6 is 22.9 Å². The Balaban J connectivity index is 1.39. The van der Waals surface area contributed by atoms with Gasteiger partial charge in [0.25, 0.3) is 11.5 Å². The number of anilines is 1. The van der Waals surface area contributed by atoms with Gasteiger partial charge in [0.15, 0.2) is 12.4 Å². The van der Waals surface area contributed by atoms with Crippen molar-refractivity contribution in [2.24, 2.45) is 0 Å². The zero-order valence-corrected chi connectivity index (χ0v) is 20.1. The van der Waals surface area contributed by atoms with Crippen LogP contribution in [0.2, 0.25) is 5.02 Å². The van der Waals surface area contributed by atoms with Crippen LogP contribution in [0.3, 0.4) is 0 Å². The van der Waals surface area contributed by atoms with Gasteiger partial charge in [-0.2, -0.15) is 9.50 Å². The van der Waals surface area contributed by atoms with E-state index in [1.807, 2.05) is 61.5 Å². The quantitative estimate of drug-likeness (QED) is 0.373. The molecule has 35 heavy (non-hydrogen) atoms. The number of halogens is 1. The molecule has 2 aromatic heterocycles. The Labute approximate surface area is 209 Å². The molecule has 0 aliphatic carbocycles. The Hall–Kier alpha value is -4.01. The van der Waals surface area contributed by atoms with Crippen molar-refractivity contribution in [1.82, 2.24) is 14.6 Å². The topological polar surface area (TPSA) is 85.6 Å². The molecule has 0 saturated heterocycles. The van der Waals surface area contributed by atoms with Crippen molar-refractivity contribution in [3.8, 4) is 17.1 Å². The lowest BCUT2D eigenvalue weighted by Crippen LogP contribution is -2.24. The van der Waals surface area contributed by atoms with Gasteiger partial charge < -0.3 is 10.1 Å². The molecule has 0 spiro atoms. The van der Waals surface area contributed by atoms with Crippen molar-refractivity contribution in [1.29, 1.82) is 0 Å². The molecule has 0 fully saturated rings. The molecule has 2 heterocycles. The van der Waals surface area contributed by atoms with E-state index >= 15 is 0 Å². The standard InChI is InChI=1S/C26H19ClN4O3S/c1-16-7-10-20(11-8-16)28-23(32)15-34-21-12-9-19(27)13-18(21)14-22-25(33)31-26(35-22)29-24(30-31)17-5-3-2-4-6-17/h2-14H,15H2,1H3,(H,28,32)/b22-14-. The van der Waals surface area contributed by atoms with Gasteiger partial charge in [0, 0.05) is 21.8 Å². The average molecular weight is 503 g/mol. The molecule has 5 rings (SSSR count). The maximum atomic E-state index is 13.0. The number of thiazole rings is 1. The number of ether oxygens (including phenoxy) is 1. The van der Waals surface area contributed by atoms with E-state index in [1.165, 1.54) is 15.9 Å². The van der Waals surface area contributed by atoms with Gasteiger partial charge in [0.2, 0.25) is 4.96 Å². The van der Waals surface area contributed by atoms with E-state index in [0.29, 0.717) is 37.3 Å². The predicted molar refractivity (Wildman–Crippen MR) is 138 cm³/mol. The van der Waals surface area contributed by atoms with Crippen molar-refractivity contribution in [3.63, 3.8) is 0 Å². The van der Waals surface area contributed by atoms with Crippen LogP contribution in [-0.2, 0) is 4.79 Å². The molecule has 0 bridgehead atoms. The maximum Gasteiger partial charge on any atom is 0.291 e. The second-order valence-electron chi connectivity index (χ2n) is 7.80. The van der Waals surface area contributed by atoms with E-state index in [1.54, 1.807) is 24.3 Å². The van der Waals surface area contributed by atoms with Crippen LogP contribution in [0, 0.1) is 6.92 Å². The minimum absolute atomic E-state index is 0.198. The van der Waals surface area contributed by atoms with Crippen LogP contribution in [0.4, 0.5) is 5.69 Å². The summed E-state index contributed by atoms with van der Waals surface area (Å²) in [5.41, 5.74) is 2.91. The summed E-state index contributed by atoms with van der Waals surface area (Å²) in [6.07, 6.45) is 1.67. The molecular formula is C26H19ClN4O3S. The summed E-state index contributed by atoms with van der Waals surface area (Å²) in [7, 11) is 0. The van der Waals surface area contributed by atoms with E-state index in [9.17, 15) is 9.59 Å². The highest BCUT2D eigenvalue weighted by atomic mass is 35.5. The van der Waals surface area contributed by atoms with Crippen molar-refractivity contribution < 1.29 is 9.53 Å². The van der Waals surface area contributed by atoms with E-state index < -0.39 is 0 Å². The number of carbonyl (C=O) groups is 1. The second kappa shape index (κ2) is 9.69. The number of hydrogen-bond acceptors (Lipinski definition) is 6. The highest BCUT2D eigenvalue weighted by Crippen LogP contribution is 2.24. The lowest BCUT2D eigenvalue weighted by molar-refractivity contribution is -0.118. The molecular weight excluding hydrogens is 484 g/mol. The van der Waals surface area contributed by atoms with Gasteiger partial charge in [-0.15, -0.1) is 5.10 Å². The number of fused-ring (bicyclic) bond motifs is 1. The summed E-state index contributed by atoms with van der Waals surface area (Å²) in [6.45, 7) is 1.78. The number of hydrogen-bond donors (Lipinski definition) is 1. The first-order valence-electron chi connectivity index (χ1n) is 10.7. The summed E-state index contributed by atoms with van der Waals surface area (Å²) in [5, 5.41) is 7.63. The molecule has 0 saturated carbocycles. The minimum Gasteiger partial charge on any atom is -0.483 e. The lowest BCUT2D eigenvalue weighted by Gasteiger charge is -2.10. The second-order valence-corrected chi connectivity index (χ2v) is 9.24. The van der Waals surface area contributed by atoms with Crippen LogP contribution in [0.1, 0.15) is 11.1 Å². The van der Waals surface area contributed by atoms with E-state index in [4.69, 9.17) is 16.3 Å². The molecule has 1 N–H and O–H groups in total. The summed E-state index contributed by atoms with van der Waals surface area (Å²) in [5.74, 6) is 0.621. The molecule has 1 amide bonds. The van der Waals surface area contributed by atoms with Gasteiger partial charge in [-0.3, -0.25) is 9.59 Å². The Bertz CT molecular complexity index is 1630. The van der Waals surface area contributed by atoms with Gasteiger partial charge in [-0.25, -0.2) is 0 Å². The summed E-state index contributed by atoms with van der Waals surface area (Å²) >= 11 is 7.41. The van der Waals surface area contributed by atoms with Crippen molar-refractivity contribution in [3.05, 3.63) is 104 Å². The number of rotatable bonds is 6. The fourth-order valence-corrected chi connectivity index (χ4v) is 4.50. The summed E-state index contributed by atoms with van der Waals surface area (Å²) < 4.78 is 7.47. The fourth-order valence-electron chi connectivity index (χ4n) is 3.43. The number of nitrogens with one attached hydrogen (secondary N) is 1. The zero-order chi connectivity index (χ0) is 24.4. The third kappa shape index (κ3) is 5.08. The monoisotopic (exact) mass is 502 g/mol. The van der Waals surface area contributed by atoms with Gasteiger partial charge in [-0.05, 0) is 43.3 Å². The highest BCUT2D eigenvalue weighted by Gasteiger charge is 2.13. The maximum absolute atomic E-state index is 13.0. The highest BCUT2D eigenvalue weighted by molar-refractivity contribution is 7.15. The minimum atomic E-state index is -0.300. The molecule has 0 radical (unpaired) electrons. The van der Waals surface area contributed by atoms with E-state index in [-0.39, 0.29) is 18.1 Å². The molecule has 3 aromatic carbocycles. The summed E-state index contributed by atoms with van der Waals surface area (Å²) in [4.78, 5) is 30.3. The Morgan fingerprint density at radius 2 is 1.89 bits per heavy atom. The van der Waals surface area contributed by atoms with Crippen molar-refractivity contribution >= 4 is 45.6 Å². The third-order valence-electron chi connectivity index (χ3n) is 5.17. The van der Waals surface area contributed by atoms with Crippen molar-refractivity contribution in [2.45, 2.75) is 6.92 Å². The molecule has 174 valence electrons. The molecule has 9 heteroatoms. The molecule has 7 nitrogen and oxygen atoms in total. The molecule has 0 atom stereocenters. The SMILES string of the molecule is Cc1ccc(NC(=O)COc2ccc(Cl)cc2/C=c2\sc3nc(-c4ccccc4)nn3c2=O)cc1. The summed E-state index contributed by atoms with van der Waals surface area (Å²) in [6, 6.07) is 22.0. The Morgan fingerprint density at radius 3 is 2.63 bits per heavy atom. The number of carbonyl (C=O) groups excluding carboxylic acids is 1. The Kier molecular flexibility index (Phi) is 6.31. The lowest BCUT2D eigenvalue weighted by atomic mass is 10.2. The average Bonchev–Trinajstić information content (AvgIpc) is 3.40. The molecule has 0 aliphatic heterocycles. The van der Waals surface area contributed by atoms with Crippen LogP contribution < -0.4 is 20.1 Å². The van der Waals surface area contributed by atoms with Gasteiger partial charge in [0.1, 0.15) is 5.75 Å². The number of nitrogens with zero attached hydrogens (tertiary/aromatic N) is 3. The molecule has 0 unspecified atom stereocenters. The first-order chi connectivity index (χ1) is 17.0. The zero-order valence-electron chi connectivity index (χ0n) is 18.6. The first kappa shape index (κ1) is 22.8.